The molecule has 0 heteroatoms. The van der Waals surface area contributed by atoms with Gasteiger partial charge in [-0.25, -0.2) is 0 Å². The first-order valence-corrected chi connectivity index (χ1v) is 17.4. The Morgan fingerprint density at radius 2 is 0.649 bits per heavy atom. The zero-order chi connectivity index (χ0) is 26.8. The molecule has 0 heterocycles. The lowest BCUT2D eigenvalue weighted by atomic mass is 9.87. The standard InChI is InChI=1S/C37H68/c1-5-9-13-16-19-22-25-29-35-32-34(28-12-8-4)33-36(30-26-23-20-17-14-10-6-2)37(35)31-27-24-21-18-15-11-7-3/h32-33H,5-31H2,1-4H3. The maximum absolute atomic E-state index is 2.65. The second kappa shape index (κ2) is 25.5. The number of unbranched alkanes of at least 4 members (excludes halogenated alkanes) is 19. The number of aryl methyl sites for hydroxylation is 3. The molecule has 1 aromatic carbocycles. The van der Waals surface area contributed by atoms with Gasteiger partial charge < -0.3 is 0 Å². The van der Waals surface area contributed by atoms with E-state index in [4.69, 9.17) is 0 Å². The van der Waals surface area contributed by atoms with Crippen LogP contribution < -0.4 is 0 Å². The normalized spacial score (nSPS) is 11.5. The van der Waals surface area contributed by atoms with Crippen LogP contribution in [-0.2, 0) is 25.7 Å². The summed E-state index contributed by atoms with van der Waals surface area (Å²) in [4.78, 5) is 0. The number of benzene rings is 1. The van der Waals surface area contributed by atoms with Crippen molar-refractivity contribution in [2.75, 3.05) is 0 Å². The molecular formula is C37H68. The molecule has 37 heavy (non-hydrogen) atoms. The lowest BCUT2D eigenvalue weighted by molar-refractivity contribution is 0.578. The van der Waals surface area contributed by atoms with Crippen molar-refractivity contribution in [1.29, 1.82) is 0 Å². The van der Waals surface area contributed by atoms with Crippen LogP contribution in [0.2, 0.25) is 0 Å². The van der Waals surface area contributed by atoms with Gasteiger partial charge in [0.05, 0.1) is 0 Å². The predicted molar refractivity (Wildman–Crippen MR) is 170 cm³/mol. The Hall–Kier alpha value is -0.780. The van der Waals surface area contributed by atoms with Crippen molar-refractivity contribution in [3.63, 3.8) is 0 Å². The van der Waals surface area contributed by atoms with Gasteiger partial charge in [-0.05, 0) is 73.6 Å². The lowest BCUT2D eigenvalue weighted by Crippen LogP contribution is -2.05. The van der Waals surface area contributed by atoms with Crippen molar-refractivity contribution in [2.24, 2.45) is 0 Å². The largest absolute Gasteiger partial charge is 0.0654 e. The zero-order valence-electron chi connectivity index (χ0n) is 26.2. The zero-order valence-corrected chi connectivity index (χ0v) is 26.2. The molecule has 0 fully saturated rings. The van der Waals surface area contributed by atoms with E-state index in [0.29, 0.717) is 0 Å². The summed E-state index contributed by atoms with van der Waals surface area (Å²) in [5, 5.41) is 0. The second-order valence-electron chi connectivity index (χ2n) is 12.1. The van der Waals surface area contributed by atoms with Crippen LogP contribution in [0.1, 0.15) is 198 Å². The van der Waals surface area contributed by atoms with E-state index in [2.05, 4.69) is 39.8 Å². The first-order valence-electron chi connectivity index (χ1n) is 17.4. The van der Waals surface area contributed by atoms with Crippen molar-refractivity contribution >= 4 is 0 Å². The van der Waals surface area contributed by atoms with Gasteiger partial charge in [0.25, 0.3) is 0 Å². The van der Waals surface area contributed by atoms with Gasteiger partial charge in [-0.3, -0.25) is 0 Å². The minimum Gasteiger partial charge on any atom is -0.0654 e. The molecule has 1 aromatic rings. The van der Waals surface area contributed by atoms with Crippen LogP contribution in [0.25, 0.3) is 0 Å². The van der Waals surface area contributed by atoms with Crippen molar-refractivity contribution in [3.05, 3.63) is 34.4 Å². The Bertz CT molecular complexity index is 573. The van der Waals surface area contributed by atoms with Gasteiger partial charge in [0.15, 0.2) is 0 Å². The van der Waals surface area contributed by atoms with E-state index in [9.17, 15) is 0 Å². The summed E-state index contributed by atoms with van der Waals surface area (Å²) in [6.07, 6.45) is 37.7. The minimum atomic E-state index is 1.28. The van der Waals surface area contributed by atoms with Crippen LogP contribution in [0.15, 0.2) is 12.1 Å². The van der Waals surface area contributed by atoms with Gasteiger partial charge in [-0.2, -0.15) is 0 Å². The summed E-state index contributed by atoms with van der Waals surface area (Å²) in [7, 11) is 0. The number of hydrogen-bond acceptors (Lipinski definition) is 0. The highest BCUT2D eigenvalue weighted by Gasteiger charge is 2.12. The second-order valence-corrected chi connectivity index (χ2v) is 12.1. The highest BCUT2D eigenvalue weighted by molar-refractivity contribution is 5.40. The number of rotatable bonds is 27. The number of hydrogen-bond donors (Lipinski definition) is 0. The lowest BCUT2D eigenvalue weighted by Gasteiger charge is -2.18. The van der Waals surface area contributed by atoms with Crippen LogP contribution in [0.4, 0.5) is 0 Å². The van der Waals surface area contributed by atoms with Gasteiger partial charge in [0, 0.05) is 0 Å². The Kier molecular flexibility index (Phi) is 23.6. The van der Waals surface area contributed by atoms with Crippen molar-refractivity contribution in [3.8, 4) is 0 Å². The van der Waals surface area contributed by atoms with Gasteiger partial charge in [-0.15, -0.1) is 0 Å². The summed E-state index contributed by atoms with van der Waals surface area (Å²) in [6, 6.07) is 5.30. The highest BCUT2D eigenvalue weighted by atomic mass is 14.2. The SMILES string of the molecule is CCCCCCCCCc1cc(CCCC)cc(CCCCCCCCC)c1CCCCCCCCC. The minimum absolute atomic E-state index is 1.28. The highest BCUT2D eigenvalue weighted by Crippen LogP contribution is 2.26. The predicted octanol–water partition coefficient (Wildman–Crippen LogP) is 12.9. The monoisotopic (exact) mass is 513 g/mol. The van der Waals surface area contributed by atoms with E-state index >= 15 is 0 Å². The topological polar surface area (TPSA) is 0 Å². The molecule has 0 radical (unpaired) electrons. The van der Waals surface area contributed by atoms with Gasteiger partial charge in [-0.1, -0.05) is 162 Å². The Balaban J connectivity index is 2.80. The molecule has 0 bridgehead atoms. The Morgan fingerprint density at radius 1 is 0.324 bits per heavy atom. The van der Waals surface area contributed by atoms with Crippen LogP contribution in [-0.4, -0.2) is 0 Å². The molecule has 216 valence electrons. The van der Waals surface area contributed by atoms with Crippen LogP contribution in [0, 0.1) is 0 Å². The quantitative estimate of drug-likeness (QED) is 0.103. The van der Waals surface area contributed by atoms with E-state index in [1.165, 1.54) is 173 Å². The third-order valence-electron chi connectivity index (χ3n) is 8.44. The molecule has 0 aliphatic rings. The fourth-order valence-corrected chi connectivity index (χ4v) is 5.97. The molecule has 0 spiro atoms. The van der Waals surface area contributed by atoms with E-state index in [-0.39, 0.29) is 0 Å². The maximum atomic E-state index is 2.65. The van der Waals surface area contributed by atoms with E-state index in [0.717, 1.165) is 0 Å². The van der Waals surface area contributed by atoms with E-state index in [1.54, 1.807) is 22.3 Å². The Labute approximate surface area is 235 Å². The molecular weight excluding hydrogens is 444 g/mol. The first kappa shape index (κ1) is 34.2. The third-order valence-corrected chi connectivity index (χ3v) is 8.44. The molecule has 0 aromatic heterocycles. The summed E-state index contributed by atoms with van der Waals surface area (Å²) in [5.74, 6) is 0. The molecule has 0 N–H and O–H groups in total. The summed E-state index contributed by atoms with van der Waals surface area (Å²) >= 11 is 0. The molecule has 0 unspecified atom stereocenters. The van der Waals surface area contributed by atoms with Crippen molar-refractivity contribution < 1.29 is 0 Å². The first-order chi connectivity index (χ1) is 18.3. The van der Waals surface area contributed by atoms with E-state index < -0.39 is 0 Å². The van der Waals surface area contributed by atoms with E-state index in [1.807, 2.05) is 0 Å². The molecule has 0 nitrogen and oxygen atoms in total. The molecule has 0 saturated carbocycles. The van der Waals surface area contributed by atoms with Gasteiger partial charge in [0.1, 0.15) is 0 Å². The Morgan fingerprint density at radius 3 is 1.03 bits per heavy atom. The van der Waals surface area contributed by atoms with Gasteiger partial charge >= 0.3 is 0 Å². The average Bonchev–Trinajstić information content (AvgIpc) is 2.91. The van der Waals surface area contributed by atoms with Crippen molar-refractivity contribution in [2.45, 2.75) is 201 Å². The summed E-state index contributed by atoms with van der Waals surface area (Å²) in [5.41, 5.74) is 6.91. The molecule has 0 saturated heterocycles. The molecule has 0 amide bonds. The molecule has 0 atom stereocenters. The fraction of sp³-hybridized carbons (Fsp3) is 0.838. The third kappa shape index (κ3) is 18.2. The van der Waals surface area contributed by atoms with Crippen LogP contribution in [0.3, 0.4) is 0 Å². The van der Waals surface area contributed by atoms with Crippen LogP contribution >= 0.6 is 0 Å². The van der Waals surface area contributed by atoms with Crippen molar-refractivity contribution in [1.82, 2.24) is 0 Å². The smallest absolute Gasteiger partial charge is 0.0273 e. The average molecular weight is 513 g/mol. The molecule has 1 rings (SSSR count). The molecule has 0 aliphatic carbocycles. The van der Waals surface area contributed by atoms with Gasteiger partial charge in [0.2, 0.25) is 0 Å². The molecule has 0 aliphatic heterocycles. The maximum Gasteiger partial charge on any atom is -0.0273 e. The fourth-order valence-electron chi connectivity index (χ4n) is 5.97. The van der Waals surface area contributed by atoms with Crippen LogP contribution in [0.5, 0.6) is 0 Å². The summed E-state index contributed by atoms with van der Waals surface area (Å²) < 4.78 is 0. The summed E-state index contributed by atoms with van der Waals surface area (Å²) in [6.45, 7) is 9.31.